The molecule has 1 saturated heterocycles. The molecule has 1 fully saturated rings. The topological polar surface area (TPSA) is 106 Å². The van der Waals surface area contributed by atoms with E-state index in [1.165, 1.54) is 0 Å². The molecule has 1 atom stereocenters. The SMILES string of the molecule is Cc1cccc(-c2[nH]cnc2-c2ccc3ncc(-c4ccc(C(=O)O[C@@H]5CCNC5)nc4)cc3c2)n1. The van der Waals surface area contributed by atoms with E-state index < -0.39 is 5.97 Å². The Hall–Kier alpha value is -4.43. The molecule has 178 valence electrons. The summed E-state index contributed by atoms with van der Waals surface area (Å²) in [6.07, 6.45) is 5.93. The number of H-pyrrole nitrogens is 1. The first-order valence-electron chi connectivity index (χ1n) is 11.9. The van der Waals surface area contributed by atoms with E-state index in [-0.39, 0.29) is 6.10 Å². The van der Waals surface area contributed by atoms with Crippen LogP contribution in [0.4, 0.5) is 0 Å². The summed E-state index contributed by atoms with van der Waals surface area (Å²) < 4.78 is 5.51. The van der Waals surface area contributed by atoms with Crippen molar-refractivity contribution < 1.29 is 9.53 Å². The van der Waals surface area contributed by atoms with Crippen LogP contribution in [0, 0.1) is 6.92 Å². The second kappa shape index (κ2) is 9.31. The van der Waals surface area contributed by atoms with Gasteiger partial charge in [-0.2, -0.15) is 0 Å². The van der Waals surface area contributed by atoms with Crippen molar-refractivity contribution in [2.75, 3.05) is 13.1 Å². The van der Waals surface area contributed by atoms with E-state index in [1.54, 1.807) is 18.6 Å². The van der Waals surface area contributed by atoms with Gasteiger partial charge < -0.3 is 15.0 Å². The van der Waals surface area contributed by atoms with Crippen LogP contribution in [0.15, 0.2) is 73.3 Å². The van der Waals surface area contributed by atoms with Crippen molar-refractivity contribution in [3.05, 3.63) is 84.7 Å². The van der Waals surface area contributed by atoms with Gasteiger partial charge in [-0.05, 0) is 56.3 Å². The zero-order valence-corrected chi connectivity index (χ0v) is 19.7. The average Bonchev–Trinajstić information content (AvgIpc) is 3.61. The molecular formula is C28H24N6O2. The van der Waals surface area contributed by atoms with Gasteiger partial charge in [-0.1, -0.05) is 18.2 Å². The molecule has 2 N–H and O–H groups in total. The maximum Gasteiger partial charge on any atom is 0.357 e. The fourth-order valence-corrected chi connectivity index (χ4v) is 4.45. The summed E-state index contributed by atoms with van der Waals surface area (Å²) in [5.74, 6) is -0.394. The van der Waals surface area contributed by atoms with Crippen LogP contribution in [-0.4, -0.2) is 50.1 Å². The third-order valence-corrected chi connectivity index (χ3v) is 6.33. The summed E-state index contributed by atoms with van der Waals surface area (Å²) in [7, 11) is 0. The molecule has 0 bridgehead atoms. The lowest BCUT2D eigenvalue weighted by atomic mass is 10.0. The van der Waals surface area contributed by atoms with E-state index in [2.05, 4.69) is 42.4 Å². The number of benzene rings is 1. The summed E-state index contributed by atoms with van der Waals surface area (Å²) in [6, 6.07) is 17.7. The molecule has 1 aromatic carbocycles. The fraction of sp³-hybridized carbons (Fsp3) is 0.179. The molecule has 1 aliphatic rings. The van der Waals surface area contributed by atoms with E-state index in [1.807, 2.05) is 49.5 Å². The van der Waals surface area contributed by atoms with Gasteiger partial charge in [0.25, 0.3) is 0 Å². The van der Waals surface area contributed by atoms with Gasteiger partial charge in [0.1, 0.15) is 11.8 Å². The van der Waals surface area contributed by atoms with Gasteiger partial charge in [0.2, 0.25) is 0 Å². The highest BCUT2D eigenvalue weighted by atomic mass is 16.5. The Bertz CT molecular complexity index is 1550. The number of fused-ring (bicyclic) bond motifs is 1. The van der Waals surface area contributed by atoms with E-state index >= 15 is 0 Å². The number of hydrogen-bond acceptors (Lipinski definition) is 7. The van der Waals surface area contributed by atoms with E-state index in [0.717, 1.165) is 63.3 Å². The van der Waals surface area contributed by atoms with Crippen LogP contribution in [0.5, 0.6) is 0 Å². The number of ether oxygens (including phenoxy) is 1. The summed E-state index contributed by atoms with van der Waals surface area (Å²) in [6.45, 7) is 3.53. The summed E-state index contributed by atoms with van der Waals surface area (Å²) in [5, 5.41) is 4.17. The van der Waals surface area contributed by atoms with Crippen LogP contribution < -0.4 is 5.32 Å². The Kier molecular flexibility index (Phi) is 5.71. The van der Waals surface area contributed by atoms with Crippen LogP contribution in [-0.2, 0) is 4.74 Å². The summed E-state index contributed by atoms with van der Waals surface area (Å²) in [5.41, 5.74) is 7.45. The van der Waals surface area contributed by atoms with E-state index in [0.29, 0.717) is 12.2 Å². The van der Waals surface area contributed by atoms with Crippen LogP contribution in [0.3, 0.4) is 0 Å². The van der Waals surface area contributed by atoms with Crippen molar-refractivity contribution in [1.82, 2.24) is 30.2 Å². The predicted molar refractivity (Wildman–Crippen MR) is 137 cm³/mol. The maximum absolute atomic E-state index is 12.4. The predicted octanol–water partition coefficient (Wildman–Crippen LogP) is 4.58. The monoisotopic (exact) mass is 476 g/mol. The van der Waals surface area contributed by atoms with Crippen LogP contribution in [0.25, 0.3) is 44.7 Å². The number of aromatic nitrogens is 5. The summed E-state index contributed by atoms with van der Waals surface area (Å²) in [4.78, 5) is 33.8. The molecule has 0 saturated carbocycles. The van der Waals surface area contributed by atoms with Crippen LogP contribution in [0.2, 0.25) is 0 Å². The van der Waals surface area contributed by atoms with Crippen molar-refractivity contribution in [3.8, 4) is 33.8 Å². The molecule has 4 aromatic heterocycles. The average molecular weight is 477 g/mol. The molecule has 8 heteroatoms. The van der Waals surface area contributed by atoms with Crippen molar-refractivity contribution in [3.63, 3.8) is 0 Å². The molecule has 0 radical (unpaired) electrons. The lowest BCUT2D eigenvalue weighted by Gasteiger charge is -2.10. The molecule has 6 rings (SSSR count). The number of hydrogen-bond donors (Lipinski definition) is 2. The Labute approximate surface area is 207 Å². The zero-order chi connectivity index (χ0) is 24.5. The number of carbonyl (C=O) groups is 1. The number of pyridine rings is 3. The van der Waals surface area contributed by atoms with Crippen molar-refractivity contribution in [2.45, 2.75) is 19.4 Å². The molecule has 5 heterocycles. The molecular weight excluding hydrogens is 452 g/mol. The lowest BCUT2D eigenvalue weighted by molar-refractivity contribution is 0.0337. The van der Waals surface area contributed by atoms with Gasteiger partial charge in [0, 0.05) is 46.7 Å². The van der Waals surface area contributed by atoms with Gasteiger partial charge in [-0.3, -0.25) is 9.97 Å². The molecule has 0 aliphatic carbocycles. The summed E-state index contributed by atoms with van der Waals surface area (Å²) >= 11 is 0. The number of nitrogens with zero attached hydrogens (tertiary/aromatic N) is 4. The molecule has 36 heavy (non-hydrogen) atoms. The number of nitrogens with one attached hydrogen (secondary N) is 2. The lowest BCUT2D eigenvalue weighted by Crippen LogP contribution is -2.21. The van der Waals surface area contributed by atoms with E-state index in [4.69, 9.17) is 4.74 Å². The van der Waals surface area contributed by atoms with Crippen molar-refractivity contribution >= 4 is 16.9 Å². The second-order valence-electron chi connectivity index (χ2n) is 8.87. The highest BCUT2D eigenvalue weighted by molar-refractivity contribution is 5.90. The van der Waals surface area contributed by atoms with Gasteiger partial charge in [-0.15, -0.1) is 0 Å². The molecule has 5 aromatic rings. The van der Waals surface area contributed by atoms with Crippen LogP contribution >= 0.6 is 0 Å². The minimum atomic E-state index is -0.394. The number of carbonyl (C=O) groups excluding carboxylic acids is 1. The molecule has 8 nitrogen and oxygen atoms in total. The van der Waals surface area contributed by atoms with Gasteiger partial charge in [0.15, 0.2) is 0 Å². The second-order valence-corrected chi connectivity index (χ2v) is 8.87. The normalized spacial score (nSPS) is 15.3. The maximum atomic E-state index is 12.4. The standard InChI is InChI=1S/C28H24N6O2/c1-17-3-2-4-24(34-17)27-26(32-16-33-27)18-5-7-23-20(11-18)12-21(14-30-23)19-6-8-25(31-13-19)28(35)36-22-9-10-29-15-22/h2-8,11-14,16,22,29H,9-10,15H2,1H3,(H,32,33)/t22-/m1/s1. The Morgan fingerprint density at radius 3 is 2.64 bits per heavy atom. The van der Waals surface area contributed by atoms with E-state index in [9.17, 15) is 4.79 Å². The smallest absolute Gasteiger partial charge is 0.357 e. The molecule has 0 amide bonds. The Morgan fingerprint density at radius 1 is 0.972 bits per heavy atom. The first kappa shape index (κ1) is 22.1. The first-order chi connectivity index (χ1) is 17.6. The number of rotatable bonds is 5. The Morgan fingerprint density at radius 2 is 1.83 bits per heavy atom. The Balaban J connectivity index is 1.29. The van der Waals surface area contributed by atoms with Crippen molar-refractivity contribution in [2.24, 2.45) is 0 Å². The minimum Gasteiger partial charge on any atom is -0.456 e. The number of aromatic amines is 1. The molecule has 0 unspecified atom stereocenters. The number of aryl methyl sites for hydroxylation is 1. The largest absolute Gasteiger partial charge is 0.456 e. The number of esters is 1. The zero-order valence-electron chi connectivity index (χ0n) is 19.7. The third kappa shape index (κ3) is 4.34. The van der Waals surface area contributed by atoms with Gasteiger partial charge >= 0.3 is 5.97 Å². The molecule has 1 aliphatic heterocycles. The molecule has 0 spiro atoms. The highest BCUT2D eigenvalue weighted by Gasteiger charge is 2.20. The fourth-order valence-electron chi connectivity index (χ4n) is 4.45. The quantitative estimate of drug-likeness (QED) is 0.358. The minimum absolute atomic E-state index is 0.0883. The number of imidazole rings is 1. The van der Waals surface area contributed by atoms with Gasteiger partial charge in [-0.25, -0.2) is 14.8 Å². The highest BCUT2D eigenvalue weighted by Crippen LogP contribution is 2.31. The third-order valence-electron chi connectivity index (χ3n) is 6.33. The van der Waals surface area contributed by atoms with Gasteiger partial charge in [0.05, 0.1) is 28.9 Å². The van der Waals surface area contributed by atoms with Crippen molar-refractivity contribution in [1.29, 1.82) is 0 Å². The first-order valence-corrected chi connectivity index (χ1v) is 11.9. The van der Waals surface area contributed by atoms with Crippen LogP contribution in [0.1, 0.15) is 22.6 Å².